The van der Waals surface area contributed by atoms with Crippen LogP contribution in [0.1, 0.15) is 44.9 Å². The van der Waals surface area contributed by atoms with Gasteiger partial charge in [-0.1, -0.05) is 29.8 Å². The Balaban J connectivity index is 1.08. The molecule has 270 valence electrons. The van der Waals surface area contributed by atoms with Gasteiger partial charge in [0.1, 0.15) is 11.1 Å². The molecule has 5 rings (SSSR count). The van der Waals surface area contributed by atoms with E-state index in [9.17, 15) is 36.0 Å². The maximum Gasteiger partial charge on any atom is 0.511 e. The average molecular weight is 727 g/mol. The number of benzene rings is 2. The van der Waals surface area contributed by atoms with Crippen LogP contribution >= 0.6 is 0 Å². The van der Waals surface area contributed by atoms with Crippen LogP contribution in [0.25, 0.3) is 16.9 Å². The quantitative estimate of drug-likeness (QED) is 0.157. The summed E-state index contributed by atoms with van der Waals surface area (Å²) in [6, 6.07) is 12.4. The van der Waals surface area contributed by atoms with Crippen molar-refractivity contribution in [3.8, 4) is 16.9 Å². The largest absolute Gasteiger partial charge is 0.511 e. The van der Waals surface area contributed by atoms with Gasteiger partial charge in [0.25, 0.3) is 16.3 Å². The van der Waals surface area contributed by atoms with Crippen molar-refractivity contribution in [3.05, 3.63) is 65.9 Å². The highest BCUT2D eigenvalue weighted by molar-refractivity contribution is 7.90. The minimum Gasteiger partial charge on any atom is -0.458 e. The number of esters is 1. The number of ether oxygens (including phenoxy) is 3. The van der Waals surface area contributed by atoms with Crippen LogP contribution in [0.3, 0.4) is 0 Å². The molecule has 0 spiro atoms. The van der Waals surface area contributed by atoms with Crippen molar-refractivity contribution in [2.45, 2.75) is 70.1 Å². The van der Waals surface area contributed by atoms with E-state index < -0.39 is 65.2 Å². The number of hydrogen-bond acceptors (Lipinski definition) is 12. The van der Waals surface area contributed by atoms with Crippen LogP contribution in [-0.4, -0.2) is 77.8 Å². The fourth-order valence-corrected chi connectivity index (χ4v) is 5.54. The molecule has 1 aliphatic rings. The highest BCUT2D eigenvalue weighted by Gasteiger charge is 2.37. The molecule has 3 heterocycles. The van der Waals surface area contributed by atoms with Gasteiger partial charge < -0.3 is 19.0 Å². The molecule has 0 aliphatic carbocycles. The zero-order valence-electron chi connectivity index (χ0n) is 27.1. The summed E-state index contributed by atoms with van der Waals surface area (Å²) in [6.45, 7) is 7.04. The van der Waals surface area contributed by atoms with Crippen LogP contribution in [0, 0.1) is 6.92 Å². The molecule has 1 fully saturated rings. The highest BCUT2D eigenvalue weighted by Crippen LogP contribution is 2.33. The molecule has 2 aromatic carbocycles. The van der Waals surface area contributed by atoms with E-state index in [-0.39, 0.29) is 35.5 Å². The summed E-state index contributed by atoms with van der Waals surface area (Å²) in [5, 5.41) is 6.23. The Morgan fingerprint density at radius 2 is 1.66 bits per heavy atom. The van der Waals surface area contributed by atoms with Gasteiger partial charge in [-0.25, -0.2) is 22.6 Å². The fraction of sp³-hybridized carbons (Fsp3) is 0.400. The lowest BCUT2D eigenvalue weighted by molar-refractivity contribution is -0.152. The van der Waals surface area contributed by atoms with Crippen molar-refractivity contribution in [2.24, 2.45) is 0 Å². The van der Waals surface area contributed by atoms with Crippen molar-refractivity contribution in [1.82, 2.24) is 24.5 Å². The van der Waals surface area contributed by atoms with Crippen molar-refractivity contribution in [2.75, 3.05) is 18.1 Å². The standard InChI is InChI=1S/C30H33F3N6O10S/c1-18(2)45-29(42)46-20(4)48-39-38(49-39)36-16-23(17-36)47-28(41)14-13-27(40)35-50(43,44)24-11-9-22(10-12-24)37-25(15-26(34-37)30(31,32)33)21-7-5-19(3)6-8-21/h5-12,15,18,20,23H,13-14,16-17H2,1-4H3,(H,35,40). The summed E-state index contributed by atoms with van der Waals surface area (Å²) in [5.41, 5.74) is 0.532. The van der Waals surface area contributed by atoms with Crippen LogP contribution in [0.2, 0.25) is 0 Å². The van der Waals surface area contributed by atoms with Gasteiger partial charge in [0.05, 0.1) is 46.9 Å². The van der Waals surface area contributed by atoms with Gasteiger partial charge in [0.15, 0.2) is 5.69 Å². The molecule has 0 saturated carbocycles. The van der Waals surface area contributed by atoms with Crippen molar-refractivity contribution >= 4 is 28.1 Å². The number of aryl methyl sites for hydroxylation is 1. The fourth-order valence-electron chi connectivity index (χ4n) is 4.53. The Hall–Kier alpha value is -5.40. The molecule has 1 aliphatic heterocycles. The second-order valence-corrected chi connectivity index (χ2v) is 13.2. The summed E-state index contributed by atoms with van der Waals surface area (Å²) in [6.07, 6.45) is -8.46. The van der Waals surface area contributed by atoms with Gasteiger partial charge in [0.2, 0.25) is 5.91 Å². The van der Waals surface area contributed by atoms with Crippen LogP contribution in [0.5, 0.6) is 0 Å². The second kappa shape index (κ2) is 14.2. The van der Waals surface area contributed by atoms with E-state index in [1.807, 2.05) is 11.6 Å². The third-order valence-electron chi connectivity index (χ3n) is 7.00. The molecule has 20 heteroatoms. The molecule has 2 aromatic heterocycles. The number of hydrogen-bond donors (Lipinski definition) is 1. The number of rotatable bonds is 13. The number of sulfonamides is 1. The summed E-state index contributed by atoms with van der Waals surface area (Å²) in [7, 11) is -4.38. The Labute approximate surface area is 283 Å². The molecule has 1 unspecified atom stereocenters. The zero-order chi connectivity index (χ0) is 36.4. The maximum atomic E-state index is 13.5. The van der Waals surface area contributed by atoms with Crippen molar-refractivity contribution in [1.29, 1.82) is 0 Å². The van der Waals surface area contributed by atoms with Gasteiger partial charge in [-0.15, -0.1) is 0 Å². The molecular weight excluding hydrogens is 693 g/mol. The lowest BCUT2D eigenvalue weighted by Gasteiger charge is -2.34. The zero-order valence-corrected chi connectivity index (χ0v) is 27.9. The second-order valence-electron chi connectivity index (χ2n) is 11.5. The lowest BCUT2D eigenvalue weighted by atomic mass is 10.1. The first-order chi connectivity index (χ1) is 23.5. The Bertz CT molecular complexity index is 1920. The molecule has 16 nitrogen and oxygen atoms in total. The molecule has 0 bridgehead atoms. The Morgan fingerprint density at radius 3 is 2.28 bits per heavy atom. The van der Waals surface area contributed by atoms with E-state index in [0.717, 1.165) is 33.5 Å². The van der Waals surface area contributed by atoms with Crippen LogP contribution in [-0.2, 0) is 40.0 Å². The van der Waals surface area contributed by atoms with Gasteiger partial charge in [-0.05, 0) is 51.1 Å². The molecule has 1 atom stereocenters. The highest BCUT2D eigenvalue weighted by atomic mass is 32.2. The lowest BCUT2D eigenvalue weighted by Crippen LogP contribution is -2.57. The topological polar surface area (TPSA) is 178 Å². The van der Waals surface area contributed by atoms with E-state index in [1.165, 1.54) is 24.0 Å². The number of nitrogens with zero attached hydrogens (tertiary/aromatic N) is 5. The number of carbonyl (C=O) groups is 3. The first kappa shape index (κ1) is 35.9. The van der Waals surface area contributed by atoms with Gasteiger partial charge in [0, 0.05) is 18.9 Å². The van der Waals surface area contributed by atoms with E-state index >= 15 is 0 Å². The van der Waals surface area contributed by atoms with Crippen LogP contribution in [0.15, 0.2) is 64.1 Å². The molecule has 1 amide bonds. The normalized spacial score (nSPS) is 14.3. The smallest absolute Gasteiger partial charge is 0.458 e. The van der Waals surface area contributed by atoms with Gasteiger partial charge in [-0.3, -0.25) is 14.6 Å². The summed E-state index contributed by atoms with van der Waals surface area (Å²) in [4.78, 5) is 42.3. The maximum absolute atomic E-state index is 13.5. The number of carbonyl (C=O) groups excluding carboxylic acids is 3. The van der Waals surface area contributed by atoms with E-state index in [0.29, 0.717) is 5.56 Å². The van der Waals surface area contributed by atoms with Crippen molar-refractivity contribution < 1.29 is 59.6 Å². The van der Waals surface area contributed by atoms with Gasteiger partial charge >= 0.3 is 18.3 Å². The minimum absolute atomic E-state index is 0.138. The van der Waals surface area contributed by atoms with Crippen LogP contribution < -0.4 is 14.6 Å². The number of nitrogens with one attached hydrogen (secondary N) is 1. The van der Waals surface area contributed by atoms with E-state index in [1.54, 1.807) is 43.1 Å². The van der Waals surface area contributed by atoms with Gasteiger partial charge in [-0.2, -0.15) is 22.9 Å². The average Bonchev–Trinajstić information content (AvgIpc) is 3.58. The third-order valence-corrected chi connectivity index (χ3v) is 8.39. The molecule has 50 heavy (non-hydrogen) atoms. The SMILES string of the molecule is Cc1ccc(-c2cc(C(F)(F)F)nn2-c2ccc(S(=O)(=O)NC(=O)CCC(=O)OC3CN(n4on4OC(C)OC(=O)OC(C)C)C3)cc2)cc1. The Morgan fingerprint density at radius 1 is 1.00 bits per heavy atom. The van der Waals surface area contributed by atoms with E-state index in [4.69, 9.17) is 23.7 Å². The number of amides is 1. The molecule has 0 radical (unpaired) electrons. The molecule has 1 N–H and O–H groups in total. The van der Waals surface area contributed by atoms with E-state index in [2.05, 4.69) is 5.10 Å². The first-order valence-electron chi connectivity index (χ1n) is 15.2. The predicted octanol–water partition coefficient (Wildman–Crippen LogP) is 3.55. The minimum atomic E-state index is -4.72. The number of alkyl halides is 3. The third kappa shape index (κ3) is 8.98. The van der Waals surface area contributed by atoms with Crippen LogP contribution in [0.4, 0.5) is 18.0 Å². The first-order valence-corrected chi connectivity index (χ1v) is 16.6. The predicted molar refractivity (Wildman–Crippen MR) is 165 cm³/mol. The monoisotopic (exact) mass is 726 g/mol. The molecule has 4 aromatic rings. The number of aromatic nitrogens is 4. The summed E-state index contributed by atoms with van der Waals surface area (Å²) in [5.74, 6) is -1.71. The molecular formula is C30H33F3N6O10S. The summed E-state index contributed by atoms with van der Waals surface area (Å²) < 4.78 is 89.2. The summed E-state index contributed by atoms with van der Waals surface area (Å²) >= 11 is 0. The Kier molecular flexibility index (Phi) is 10.2. The van der Waals surface area contributed by atoms with Crippen molar-refractivity contribution in [3.63, 3.8) is 0 Å². The molecule has 1 saturated heterocycles. The number of halogens is 3.